The Morgan fingerprint density at radius 2 is 1.10 bits per heavy atom. The largest absolute Gasteiger partial charge is 0.0392 e. The Kier molecular flexibility index (Phi) is 2.82. The third-order valence-corrected chi connectivity index (χ3v) is 27.1. The fourth-order valence-electron chi connectivity index (χ4n) is 0. The first-order valence-electron chi connectivity index (χ1n) is 1.91. The van der Waals surface area contributed by atoms with Gasteiger partial charge in [-0.05, 0) is 71.6 Å². The van der Waals surface area contributed by atoms with Gasteiger partial charge in [0.2, 0.25) is 0 Å². The minimum absolute atomic E-state index is 1.27. The van der Waals surface area contributed by atoms with Crippen LogP contribution in [0.3, 0.4) is 0 Å². The highest BCUT2D eigenvalue weighted by Crippen LogP contribution is 3.21. The second-order valence-electron chi connectivity index (χ2n) is 2.05. The van der Waals surface area contributed by atoms with Gasteiger partial charge in [-0.1, -0.05) is 0 Å². The molecule has 0 saturated carbocycles. The third-order valence-electron chi connectivity index (χ3n) is 0.735. The van der Waals surface area contributed by atoms with Crippen molar-refractivity contribution in [1.29, 1.82) is 0 Å². The van der Waals surface area contributed by atoms with Gasteiger partial charge in [0.1, 0.15) is 0 Å². The number of hydrogen-bond donors (Lipinski definition) is 0. The smallest absolute Gasteiger partial charge is 0.00762 e. The van der Waals surface area contributed by atoms with Gasteiger partial charge in [0.25, 0.3) is 0 Å². The molecular formula is C2H6Cl6S2. The molecule has 68 valence electrons. The Labute approximate surface area is 87.4 Å². The minimum atomic E-state index is -4.24. The van der Waals surface area contributed by atoms with Crippen LogP contribution in [0, 0.1) is 0 Å². The standard InChI is InChI=1S/C2H6Cl6S2/c1-9(3,4)10(2,5,6,7)8/h1-2H3. The van der Waals surface area contributed by atoms with E-state index in [0.29, 0.717) is 0 Å². The van der Waals surface area contributed by atoms with Crippen LogP contribution in [-0.4, -0.2) is 12.5 Å². The van der Waals surface area contributed by atoms with E-state index in [2.05, 4.69) is 0 Å². The van der Waals surface area contributed by atoms with Crippen LogP contribution < -0.4 is 0 Å². The molecule has 0 unspecified atom stereocenters. The predicted octanol–water partition coefficient (Wildman–Crippen LogP) is 5.76. The average Bonchev–Trinajstić information content (AvgIpc) is 1.16. The lowest BCUT2D eigenvalue weighted by Crippen LogP contribution is -2.05. The summed E-state index contributed by atoms with van der Waals surface area (Å²) in [4.78, 5) is 0. The second kappa shape index (κ2) is 2.27. The molecule has 0 nitrogen and oxygen atoms in total. The molecule has 0 amide bonds. The Hall–Kier alpha value is 2.44. The first-order chi connectivity index (χ1) is 3.75. The van der Waals surface area contributed by atoms with Crippen molar-refractivity contribution in [1.82, 2.24) is 0 Å². The Bertz CT molecular complexity index is 144. The van der Waals surface area contributed by atoms with E-state index in [-0.39, 0.29) is 0 Å². The summed E-state index contributed by atoms with van der Waals surface area (Å²) in [6.07, 6.45) is 2.69. The van der Waals surface area contributed by atoms with Gasteiger partial charge >= 0.3 is 0 Å². The van der Waals surface area contributed by atoms with E-state index >= 15 is 0 Å². The van der Waals surface area contributed by atoms with E-state index in [1.807, 2.05) is 0 Å². The molecular weight excluding hydrogens is 301 g/mol. The zero-order chi connectivity index (χ0) is 8.91. The SMILES string of the molecule is CS(Cl)(Cl)S(C)(Cl)(Cl)(Cl)Cl. The van der Waals surface area contributed by atoms with Crippen molar-refractivity contribution in [2.24, 2.45) is 0 Å². The summed E-state index contributed by atoms with van der Waals surface area (Å²) in [5.41, 5.74) is 0. The third kappa shape index (κ3) is 3.06. The summed E-state index contributed by atoms with van der Waals surface area (Å²) in [5.74, 6) is 0. The highest BCUT2D eigenvalue weighted by atomic mass is 36.5. The molecule has 0 fully saturated rings. The number of hydrogen-bond acceptors (Lipinski definition) is 0. The lowest BCUT2D eigenvalue weighted by molar-refractivity contribution is 2.44. The average molecular weight is 307 g/mol. The molecule has 0 spiro atoms. The molecule has 0 aromatic rings. The van der Waals surface area contributed by atoms with E-state index in [9.17, 15) is 0 Å². The van der Waals surface area contributed by atoms with Crippen LogP contribution in [-0.2, 0) is 0 Å². The van der Waals surface area contributed by atoms with Crippen molar-refractivity contribution in [3.8, 4) is 0 Å². The number of rotatable bonds is 1. The molecule has 0 saturated heterocycles. The molecule has 0 atom stereocenters. The van der Waals surface area contributed by atoms with Crippen molar-refractivity contribution < 1.29 is 0 Å². The summed E-state index contributed by atoms with van der Waals surface area (Å²) in [6, 6.07) is 0. The molecule has 0 N–H and O–H groups in total. The lowest BCUT2D eigenvalue weighted by atomic mass is 12.0. The van der Waals surface area contributed by atoms with E-state index in [1.54, 1.807) is 0 Å². The van der Waals surface area contributed by atoms with E-state index < -0.39 is 11.7 Å². The van der Waals surface area contributed by atoms with Crippen LogP contribution in [0.25, 0.3) is 0 Å². The van der Waals surface area contributed by atoms with Crippen LogP contribution in [0.15, 0.2) is 0 Å². The van der Waals surface area contributed by atoms with Gasteiger partial charge < -0.3 is 0 Å². The van der Waals surface area contributed by atoms with Gasteiger partial charge in [0.05, 0.1) is 0 Å². The summed E-state index contributed by atoms with van der Waals surface area (Å²) >= 11 is 0. The summed E-state index contributed by atoms with van der Waals surface area (Å²) in [7, 11) is 31.7. The van der Waals surface area contributed by atoms with E-state index in [0.717, 1.165) is 0 Å². The first kappa shape index (κ1) is 12.4. The Morgan fingerprint density at radius 3 is 1.10 bits per heavy atom. The van der Waals surface area contributed by atoms with Crippen LogP contribution in [0.1, 0.15) is 0 Å². The molecule has 0 rings (SSSR count). The van der Waals surface area contributed by atoms with Crippen LogP contribution >= 0.6 is 75.8 Å². The molecule has 0 bridgehead atoms. The molecule has 8 heteroatoms. The highest BCUT2D eigenvalue weighted by Gasteiger charge is 2.60. The molecule has 0 radical (unpaired) electrons. The molecule has 0 heterocycles. The maximum absolute atomic E-state index is 5.71. The van der Waals surface area contributed by atoms with E-state index in [4.69, 9.17) is 64.1 Å². The van der Waals surface area contributed by atoms with Crippen LogP contribution in [0.5, 0.6) is 0 Å². The van der Waals surface area contributed by atoms with Gasteiger partial charge in [-0.2, -0.15) is 0 Å². The van der Waals surface area contributed by atoms with Crippen molar-refractivity contribution in [3.63, 3.8) is 0 Å². The molecule has 0 aromatic carbocycles. The second-order valence-corrected chi connectivity index (χ2v) is 32.6. The molecule has 0 aliphatic carbocycles. The van der Waals surface area contributed by atoms with Gasteiger partial charge in [-0.15, -0.1) is 0 Å². The van der Waals surface area contributed by atoms with E-state index in [1.165, 1.54) is 12.5 Å². The number of halogens is 6. The molecule has 0 aliphatic heterocycles. The normalized spacial score (nSPS) is 23.2. The summed E-state index contributed by atoms with van der Waals surface area (Å²) in [5, 5.41) is 0. The predicted molar refractivity (Wildman–Crippen MR) is 62.1 cm³/mol. The van der Waals surface area contributed by atoms with Gasteiger partial charge in [0.15, 0.2) is 0 Å². The van der Waals surface area contributed by atoms with Crippen LogP contribution in [0.4, 0.5) is 0 Å². The monoisotopic (exact) mass is 304 g/mol. The van der Waals surface area contributed by atoms with Crippen molar-refractivity contribution in [2.45, 2.75) is 0 Å². The maximum atomic E-state index is 5.71. The molecule has 0 aliphatic rings. The first-order valence-corrected chi connectivity index (χ1v) is 12.3. The summed E-state index contributed by atoms with van der Waals surface area (Å²) < 4.78 is -4.24. The van der Waals surface area contributed by atoms with Crippen molar-refractivity contribution >= 4 is 75.8 Å². The zero-order valence-corrected chi connectivity index (χ0v) is 11.3. The van der Waals surface area contributed by atoms with Gasteiger partial charge in [-0.3, -0.25) is 0 Å². The van der Waals surface area contributed by atoms with Gasteiger partial charge in [0, 0.05) is 16.7 Å². The highest BCUT2D eigenvalue weighted by molar-refractivity contribution is 9.58. The lowest BCUT2D eigenvalue weighted by Gasteiger charge is -2.62. The summed E-state index contributed by atoms with van der Waals surface area (Å²) in [6.45, 7) is 0. The van der Waals surface area contributed by atoms with Crippen LogP contribution in [0.2, 0.25) is 0 Å². The van der Waals surface area contributed by atoms with Crippen molar-refractivity contribution in [2.75, 3.05) is 12.5 Å². The van der Waals surface area contributed by atoms with Crippen molar-refractivity contribution in [3.05, 3.63) is 0 Å². The maximum Gasteiger partial charge on any atom is 0.00762 e. The zero-order valence-electron chi connectivity index (χ0n) is 5.08. The topological polar surface area (TPSA) is 0 Å². The minimum Gasteiger partial charge on any atom is -0.0392 e. The Morgan fingerprint density at radius 1 is 1.00 bits per heavy atom. The van der Waals surface area contributed by atoms with Gasteiger partial charge in [-0.25, -0.2) is 0 Å². The Balaban J connectivity index is 5.14. The molecule has 0 aromatic heterocycles. The fraction of sp³-hybridized carbons (Fsp3) is 1.00. The fourth-order valence-corrected chi connectivity index (χ4v) is 0. The molecule has 10 heavy (non-hydrogen) atoms. The quantitative estimate of drug-likeness (QED) is 0.540.